The predicted octanol–water partition coefficient (Wildman–Crippen LogP) is 0.813. The van der Waals surface area contributed by atoms with Crippen LogP contribution in [0.25, 0.3) is 0 Å². The van der Waals surface area contributed by atoms with Gasteiger partial charge in [-0.05, 0) is 25.0 Å². The van der Waals surface area contributed by atoms with Crippen molar-refractivity contribution in [3.8, 4) is 0 Å². The number of rotatable bonds is 5. The summed E-state index contributed by atoms with van der Waals surface area (Å²) in [5, 5.41) is 11.3. The largest absolute Gasteiger partial charge is 0.379 e. The third kappa shape index (κ3) is 3.61. The van der Waals surface area contributed by atoms with E-state index in [1.807, 2.05) is 22.8 Å². The van der Waals surface area contributed by atoms with E-state index in [0.717, 1.165) is 50.4 Å². The summed E-state index contributed by atoms with van der Waals surface area (Å²) in [5.74, 6) is 1.16. The first-order chi connectivity index (χ1) is 12.8. The van der Waals surface area contributed by atoms with Gasteiger partial charge in [0.2, 0.25) is 5.82 Å². The van der Waals surface area contributed by atoms with Crippen LogP contribution in [0.5, 0.6) is 0 Å². The molecule has 0 spiro atoms. The van der Waals surface area contributed by atoms with Crippen LogP contribution in [-0.4, -0.2) is 63.4 Å². The van der Waals surface area contributed by atoms with Crippen LogP contribution in [-0.2, 0) is 17.7 Å². The third-order valence-electron chi connectivity index (χ3n) is 5.03. The third-order valence-corrected chi connectivity index (χ3v) is 5.03. The highest BCUT2D eigenvalue weighted by atomic mass is 16.5. The van der Waals surface area contributed by atoms with Crippen LogP contribution in [0.4, 0.5) is 0 Å². The molecule has 1 fully saturated rings. The number of pyridine rings is 1. The van der Waals surface area contributed by atoms with Gasteiger partial charge in [-0.15, -0.1) is 10.2 Å². The van der Waals surface area contributed by atoms with E-state index in [4.69, 9.17) is 4.74 Å². The summed E-state index contributed by atoms with van der Waals surface area (Å²) in [4.78, 5) is 19.5. The van der Waals surface area contributed by atoms with E-state index in [1.54, 1.807) is 6.20 Å². The first-order valence-corrected chi connectivity index (χ1v) is 9.26. The van der Waals surface area contributed by atoms with E-state index in [0.29, 0.717) is 25.6 Å². The smallest absolute Gasteiger partial charge is 0.289 e. The molecule has 2 aromatic heterocycles. The van der Waals surface area contributed by atoms with Crippen LogP contribution in [0.2, 0.25) is 0 Å². The lowest BCUT2D eigenvalue weighted by molar-refractivity contribution is 0.0153. The van der Waals surface area contributed by atoms with Crippen LogP contribution in [0, 0.1) is 0 Å². The molecular formula is C18H24N6O2. The Kier molecular flexibility index (Phi) is 5.21. The first-order valence-electron chi connectivity index (χ1n) is 9.26. The van der Waals surface area contributed by atoms with Crippen molar-refractivity contribution >= 4 is 5.91 Å². The zero-order valence-electron chi connectivity index (χ0n) is 14.8. The Morgan fingerprint density at radius 3 is 2.88 bits per heavy atom. The molecule has 2 aromatic rings. The fraction of sp³-hybridized carbons (Fsp3) is 0.556. The second-order valence-electron chi connectivity index (χ2n) is 6.68. The fourth-order valence-corrected chi connectivity index (χ4v) is 3.63. The van der Waals surface area contributed by atoms with Crippen molar-refractivity contribution < 1.29 is 9.53 Å². The summed E-state index contributed by atoms with van der Waals surface area (Å²) in [5.41, 5.74) is 0.956. The lowest BCUT2D eigenvalue weighted by atomic mass is 10.1. The Labute approximate surface area is 152 Å². The fourth-order valence-electron chi connectivity index (χ4n) is 3.63. The summed E-state index contributed by atoms with van der Waals surface area (Å²) < 4.78 is 7.41. The topological polar surface area (TPSA) is 85.2 Å². The number of nitrogens with zero attached hydrogens (tertiary/aromatic N) is 5. The molecule has 0 unspecified atom stereocenters. The minimum Gasteiger partial charge on any atom is -0.379 e. The SMILES string of the molecule is O=C(NC[C@@H](c1ccccn1)N1CCOCC1)c1nnc2n1CCCC2. The van der Waals surface area contributed by atoms with Crippen molar-refractivity contribution in [2.75, 3.05) is 32.8 Å². The summed E-state index contributed by atoms with van der Waals surface area (Å²) in [6.07, 6.45) is 4.86. The summed E-state index contributed by atoms with van der Waals surface area (Å²) in [6.45, 7) is 4.37. The minimum absolute atomic E-state index is 0.0211. The highest BCUT2D eigenvalue weighted by Crippen LogP contribution is 2.20. The Morgan fingerprint density at radius 2 is 2.08 bits per heavy atom. The van der Waals surface area contributed by atoms with Crippen LogP contribution >= 0.6 is 0 Å². The number of hydrogen-bond donors (Lipinski definition) is 1. The molecule has 2 aliphatic rings. The molecule has 0 aliphatic carbocycles. The number of amides is 1. The Hall–Kier alpha value is -2.32. The molecule has 2 aliphatic heterocycles. The summed E-state index contributed by atoms with van der Waals surface area (Å²) in [7, 11) is 0. The Bertz CT molecular complexity index is 741. The highest BCUT2D eigenvalue weighted by molar-refractivity contribution is 5.90. The van der Waals surface area contributed by atoms with Crippen molar-refractivity contribution in [3.63, 3.8) is 0 Å². The van der Waals surface area contributed by atoms with Crippen molar-refractivity contribution in [3.05, 3.63) is 41.7 Å². The number of carbonyl (C=O) groups excluding carboxylic acids is 1. The van der Waals surface area contributed by atoms with Crippen molar-refractivity contribution in [2.45, 2.75) is 31.8 Å². The number of morpholine rings is 1. The normalized spacial score (nSPS) is 18.9. The maximum absolute atomic E-state index is 12.7. The Balaban J connectivity index is 1.47. The number of aromatic nitrogens is 4. The quantitative estimate of drug-likeness (QED) is 0.853. The predicted molar refractivity (Wildman–Crippen MR) is 94.7 cm³/mol. The molecule has 26 heavy (non-hydrogen) atoms. The second kappa shape index (κ2) is 7.92. The van der Waals surface area contributed by atoms with Gasteiger partial charge in [-0.25, -0.2) is 0 Å². The standard InChI is InChI=1S/C18H24N6O2/c25-18(17-22-21-16-6-2-4-8-24(16)17)20-13-15(14-5-1-3-7-19-14)23-9-11-26-12-10-23/h1,3,5,7,15H,2,4,6,8-13H2,(H,20,25)/t15-/m0/s1. The number of aryl methyl sites for hydroxylation is 1. The van der Waals surface area contributed by atoms with Gasteiger partial charge in [0.1, 0.15) is 5.82 Å². The van der Waals surface area contributed by atoms with Gasteiger partial charge in [-0.3, -0.25) is 14.7 Å². The molecule has 0 bridgehead atoms. The average Bonchev–Trinajstić information content (AvgIpc) is 3.14. The Morgan fingerprint density at radius 1 is 1.19 bits per heavy atom. The molecule has 1 saturated heterocycles. The number of fused-ring (bicyclic) bond motifs is 1. The molecule has 0 saturated carbocycles. The maximum Gasteiger partial charge on any atom is 0.289 e. The second-order valence-corrected chi connectivity index (χ2v) is 6.68. The van der Waals surface area contributed by atoms with E-state index in [9.17, 15) is 4.79 Å². The number of hydrogen-bond acceptors (Lipinski definition) is 6. The lowest BCUT2D eigenvalue weighted by Gasteiger charge is -2.34. The molecule has 8 heteroatoms. The number of carbonyl (C=O) groups is 1. The van der Waals surface area contributed by atoms with Gasteiger partial charge in [0.05, 0.1) is 24.9 Å². The zero-order chi connectivity index (χ0) is 17.8. The van der Waals surface area contributed by atoms with Crippen molar-refractivity contribution in [2.24, 2.45) is 0 Å². The lowest BCUT2D eigenvalue weighted by Crippen LogP contribution is -2.44. The molecule has 0 radical (unpaired) electrons. The van der Waals surface area contributed by atoms with Gasteiger partial charge in [0, 0.05) is 38.8 Å². The zero-order valence-corrected chi connectivity index (χ0v) is 14.8. The van der Waals surface area contributed by atoms with Crippen LogP contribution in [0.15, 0.2) is 24.4 Å². The van der Waals surface area contributed by atoms with Gasteiger partial charge in [-0.2, -0.15) is 0 Å². The molecule has 0 aromatic carbocycles. The van der Waals surface area contributed by atoms with E-state index in [-0.39, 0.29) is 11.9 Å². The maximum atomic E-state index is 12.7. The van der Waals surface area contributed by atoms with E-state index < -0.39 is 0 Å². The van der Waals surface area contributed by atoms with Gasteiger partial charge in [0.25, 0.3) is 5.91 Å². The summed E-state index contributed by atoms with van der Waals surface area (Å²) in [6, 6.07) is 5.91. The van der Waals surface area contributed by atoms with Gasteiger partial charge >= 0.3 is 0 Å². The van der Waals surface area contributed by atoms with Crippen LogP contribution in [0.1, 0.15) is 41.0 Å². The van der Waals surface area contributed by atoms with Gasteiger partial charge < -0.3 is 14.6 Å². The number of nitrogens with one attached hydrogen (secondary N) is 1. The van der Waals surface area contributed by atoms with Gasteiger partial charge in [-0.1, -0.05) is 6.07 Å². The monoisotopic (exact) mass is 356 g/mol. The van der Waals surface area contributed by atoms with E-state index in [1.165, 1.54) is 0 Å². The van der Waals surface area contributed by atoms with Crippen molar-refractivity contribution in [1.29, 1.82) is 0 Å². The average molecular weight is 356 g/mol. The van der Waals surface area contributed by atoms with Gasteiger partial charge in [0.15, 0.2) is 0 Å². The van der Waals surface area contributed by atoms with E-state index in [2.05, 4.69) is 25.4 Å². The molecule has 138 valence electrons. The molecule has 4 rings (SSSR count). The van der Waals surface area contributed by atoms with Crippen LogP contribution < -0.4 is 5.32 Å². The molecule has 1 N–H and O–H groups in total. The molecule has 1 amide bonds. The molecular weight excluding hydrogens is 332 g/mol. The molecule has 8 nitrogen and oxygen atoms in total. The molecule has 1 atom stereocenters. The highest BCUT2D eigenvalue weighted by Gasteiger charge is 2.26. The van der Waals surface area contributed by atoms with E-state index >= 15 is 0 Å². The van der Waals surface area contributed by atoms with Crippen LogP contribution in [0.3, 0.4) is 0 Å². The minimum atomic E-state index is -0.167. The molecule has 4 heterocycles. The number of ether oxygens (including phenoxy) is 1. The van der Waals surface area contributed by atoms with Crippen molar-refractivity contribution in [1.82, 2.24) is 30.0 Å². The first kappa shape index (κ1) is 17.1. The summed E-state index contributed by atoms with van der Waals surface area (Å²) >= 11 is 0.